The lowest BCUT2D eigenvalue weighted by molar-refractivity contribution is -0.0930. The summed E-state index contributed by atoms with van der Waals surface area (Å²) in [6.07, 6.45) is -0.0384. The van der Waals surface area contributed by atoms with Crippen molar-refractivity contribution in [3.8, 4) is 0 Å². The summed E-state index contributed by atoms with van der Waals surface area (Å²) >= 11 is 0. The van der Waals surface area contributed by atoms with E-state index in [0.29, 0.717) is 37.8 Å². The van der Waals surface area contributed by atoms with Gasteiger partial charge in [0.05, 0.1) is 43.5 Å². The van der Waals surface area contributed by atoms with Gasteiger partial charge in [-0.3, -0.25) is 0 Å². The monoisotopic (exact) mass is 251 g/mol. The van der Waals surface area contributed by atoms with E-state index in [9.17, 15) is 4.39 Å². The molecule has 0 radical (unpaired) electrons. The van der Waals surface area contributed by atoms with E-state index in [-0.39, 0.29) is 11.9 Å². The molecule has 96 valence electrons. The molecule has 1 aromatic heterocycles. The normalized spacial score (nSPS) is 20.4. The number of nitrogen functional groups attached to an aromatic ring is 1. The van der Waals surface area contributed by atoms with Crippen molar-refractivity contribution in [3.63, 3.8) is 0 Å². The van der Waals surface area contributed by atoms with E-state index in [2.05, 4.69) is 4.98 Å². The summed E-state index contributed by atoms with van der Waals surface area (Å²) in [6, 6.07) is 4.45. The Morgan fingerprint density at radius 1 is 1.44 bits per heavy atom. The summed E-state index contributed by atoms with van der Waals surface area (Å²) in [5.41, 5.74) is 7.22. The van der Waals surface area contributed by atoms with E-state index in [0.717, 1.165) is 5.52 Å². The van der Waals surface area contributed by atoms with Crippen LogP contribution in [0.2, 0.25) is 0 Å². The fraction of sp³-hybridized carbons (Fsp3) is 0.417. The zero-order valence-corrected chi connectivity index (χ0v) is 9.80. The average molecular weight is 251 g/mol. The van der Waals surface area contributed by atoms with Gasteiger partial charge >= 0.3 is 0 Å². The van der Waals surface area contributed by atoms with E-state index in [1.165, 1.54) is 12.1 Å². The molecule has 1 aromatic carbocycles. The Labute approximate surface area is 103 Å². The van der Waals surface area contributed by atoms with Gasteiger partial charge in [0, 0.05) is 6.07 Å². The zero-order chi connectivity index (χ0) is 12.5. The highest BCUT2D eigenvalue weighted by molar-refractivity contribution is 5.78. The SMILES string of the molecule is Nc1nc2cc(F)ccc2n1CC1COCCO1. The first kappa shape index (κ1) is 11.4. The number of ether oxygens (including phenoxy) is 2. The molecule has 1 unspecified atom stereocenters. The number of fused-ring (bicyclic) bond motifs is 1. The molecule has 1 saturated heterocycles. The second-order valence-electron chi connectivity index (χ2n) is 4.28. The van der Waals surface area contributed by atoms with E-state index in [4.69, 9.17) is 15.2 Å². The Morgan fingerprint density at radius 2 is 2.33 bits per heavy atom. The maximum atomic E-state index is 13.1. The van der Waals surface area contributed by atoms with E-state index in [1.54, 1.807) is 6.07 Å². The van der Waals surface area contributed by atoms with Crippen LogP contribution in [0.1, 0.15) is 0 Å². The fourth-order valence-electron chi connectivity index (χ4n) is 2.16. The number of benzene rings is 1. The second kappa shape index (κ2) is 4.55. The van der Waals surface area contributed by atoms with Crippen molar-refractivity contribution in [1.29, 1.82) is 0 Å². The minimum atomic E-state index is -0.315. The summed E-state index contributed by atoms with van der Waals surface area (Å²) < 4.78 is 25.8. The van der Waals surface area contributed by atoms with Gasteiger partial charge in [0.2, 0.25) is 5.95 Å². The molecular weight excluding hydrogens is 237 g/mol. The molecule has 3 rings (SSSR count). The van der Waals surface area contributed by atoms with Crippen LogP contribution in [0.5, 0.6) is 0 Å². The second-order valence-corrected chi connectivity index (χ2v) is 4.28. The highest BCUT2D eigenvalue weighted by atomic mass is 19.1. The molecule has 2 aromatic rings. The first-order valence-corrected chi connectivity index (χ1v) is 5.84. The molecule has 1 aliphatic rings. The Bertz CT molecular complexity index is 564. The number of halogens is 1. The Balaban J connectivity index is 1.92. The minimum absolute atomic E-state index is 0.0384. The maximum Gasteiger partial charge on any atom is 0.201 e. The first-order chi connectivity index (χ1) is 8.74. The molecule has 6 heteroatoms. The number of anilines is 1. The summed E-state index contributed by atoms with van der Waals surface area (Å²) in [4.78, 5) is 4.14. The number of nitrogens with two attached hydrogens (primary N) is 1. The van der Waals surface area contributed by atoms with Gasteiger partial charge in [0.25, 0.3) is 0 Å². The highest BCUT2D eigenvalue weighted by Gasteiger charge is 2.18. The molecule has 2 N–H and O–H groups in total. The van der Waals surface area contributed by atoms with Crippen LogP contribution in [-0.2, 0) is 16.0 Å². The molecule has 1 fully saturated rings. The van der Waals surface area contributed by atoms with Crippen LogP contribution in [0.15, 0.2) is 18.2 Å². The van der Waals surface area contributed by atoms with E-state index >= 15 is 0 Å². The van der Waals surface area contributed by atoms with E-state index < -0.39 is 0 Å². The zero-order valence-electron chi connectivity index (χ0n) is 9.80. The highest BCUT2D eigenvalue weighted by Crippen LogP contribution is 2.20. The summed E-state index contributed by atoms with van der Waals surface area (Å²) in [6.45, 7) is 2.32. The Hall–Kier alpha value is -1.66. The number of rotatable bonds is 2. The summed E-state index contributed by atoms with van der Waals surface area (Å²) in [5, 5.41) is 0. The minimum Gasteiger partial charge on any atom is -0.376 e. The van der Waals surface area contributed by atoms with Gasteiger partial charge in [-0.05, 0) is 12.1 Å². The summed E-state index contributed by atoms with van der Waals surface area (Å²) in [5.74, 6) is 0.0502. The molecule has 5 nitrogen and oxygen atoms in total. The fourth-order valence-corrected chi connectivity index (χ4v) is 2.16. The van der Waals surface area contributed by atoms with Crippen molar-refractivity contribution < 1.29 is 13.9 Å². The van der Waals surface area contributed by atoms with E-state index in [1.807, 2.05) is 4.57 Å². The van der Waals surface area contributed by atoms with Crippen LogP contribution in [0, 0.1) is 5.82 Å². The quantitative estimate of drug-likeness (QED) is 0.870. The van der Waals surface area contributed by atoms with Crippen molar-refractivity contribution in [2.45, 2.75) is 12.6 Å². The van der Waals surface area contributed by atoms with Crippen molar-refractivity contribution in [3.05, 3.63) is 24.0 Å². The van der Waals surface area contributed by atoms with Crippen LogP contribution < -0.4 is 5.73 Å². The van der Waals surface area contributed by atoms with Crippen LogP contribution >= 0.6 is 0 Å². The van der Waals surface area contributed by atoms with Crippen molar-refractivity contribution in [2.75, 3.05) is 25.6 Å². The molecular formula is C12H14FN3O2. The number of nitrogens with zero attached hydrogens (tertiary/aromatic N) is 2. The van der Waals surface area contributed by atoms with Crippen LogP contribution in [0.4, 0.5) is 10.3 Å². The standard InChI is InChI=1S/C12H14FN3O2/c13-8-1-2-11-10(5-8)15-12(14)16(11)6-9-7-17-3-4-18-9/h1-2,5,9H,3-4,6-7H2,(H2,14,15). The lowest BCUT2D eigenvalue weighted by atomic mass is 10.3. The van der Waals surface area contributed by atoms with Crippen LogP contribution in [0.3, 0.4) is 0 Å². The third kappa shape index (κ3) is 2.04. The van der Waals surface area contributed by atoms with Crippen LogP contribution in [-0.4, -0.2) is 35.5 Å². The first-order valence-electron chi connectivity index (χ1n) is 5.84. The topological polar surface area (TPSA) is 62.3 Å². The predicted octanol–water partition coefficient (Wildman–Crippen LogP) is 1.17. The lowest BCUT2D eigenvalue weighted by Gasteiger charge is -2.23. The van der Waals surface area contributed by atoms with Gasteiger partial charge < -0.3 is 19.8 Å². The molecule has 0 bridgehead atoms. The molecule has 0 saturated carbocycles. The number of hydrogen-bond donors (Lipinski definition) is 1. The smallest absolute Gasteiger partial charge is 0.201 e. The Morgan fingerprint density at radius 3 is 3.11 bits per heavy atom. The number of imidazole rings is 1. The lowest BCUT2D eigenvalue weighted by Crippen LogP contribution is -2.32. The predicted molar refractivity (Wildman–Crippen MR) is 64.7 cm³/mol. The largest absolute Gasteiger partial charge is 0.376 e. The number of hydrogen-bond acceptors (Lipinski definition) is 4. The van der Waals surface area contributed by atoms with Gasteiger partial charge in [0.15, 0.2) is 0 Å². The maximum absolute atomic E-state index is 13.1. The van der Waals surface area contributed by atoms with Gasteiger partial charge in [-0.1, -0.05) is 0 Å². The average Bonchev–Trinajstić information content (AvgIpc) is 2.66. The molecule has 2 heterocycles. The molecule has 18 heavy (non-hydrogen) atoms. The molecule has 0 spiro atoms. The third-order valence-corrected chi connectivity index (χ3v) is 3.01. The van der Waals surface area contributed by atoms with Crippen molar-refractivity contribution >= 4 is 17.0 Å². The molecule has 0 aliphatic carbocycles. The van der Waals surface area contributed by atoms with Gasteiger partial charge in [-0.15, -0.1) is 0 Å². The third-order valence-electron chi connectivity index (χ3n) is 3.01. The van der Waals surface area contributed by atoms with Crippen molar-refractivity contribution in [2.24, 2.45) is 0 Å². The summed E-state index contributed by atoms with van der Waals surface area (Å²) in [7, 11) is 0. The van der Waals surface area contributed by atoms with Gasteiger partial charge in [-0.25, -0.2) is 9.37 Å². The molecule has 1 atom stereocenters. The molecule has 1 aliphatic heterocycles. The number of aromatic nitrogens is 2. The Kier molecular flexibility index (Phi) is 2.89. The van der Waals surface area contributed by atoms with Gasteiger partial charge in [-0.2, -0.15) is 0 Å². The van der Waals surface area contributed by atoms with Gasteiger partial charge in [0.1, 0.15) is 5.82 Å². The van der Waals surface area contributed by atoms with Crippen LogP contribution in [0.25, 0.3) is 11.0 Å². The van der Waals surface area contributed by atoms with Crippen molar-refractivity contribution in [1.82, 2.24) is 9.55 Å². The molecule has 0 amide bonds.